The zero-order valence-electron chi connectivity index (χ0n) is 13.9. The molecule has 1 heterocycles. The first kappa shape index (κ1) is 16.9. The predicted octanol–water partition coefficient (Wildman–Crippen LogP) is 3.60. The maximum atomic E-state index is 11.9. The van der Waals surface area contributed by atoms with Gasteiger partial charge >= 0.3 is 0 Å². The van der Waals surface area contributed by atoms with Crippen LogP contribution >= 0.6 is 11.3 Å². The molecule has 0 bridgehead atoms. The van der Waals surface area contributed by atoms with E-state index in [1.807, 2.05) is 49.4 Å². The molecule has 2 aromatic carbocycles. The summed E-state index contributed by atoms with van der Waals surface area (Å²) in [6.07, 6.45) is 1.54. The number of carbonyl (C=O) groups is 1. The second-order valence-electron chi connectivity index (χ2n) is 5.24. The fourth-order valence-electron chi connectivity index (χ4n) is 2.20. The first-order valence-electron chi connectivity index (χ1n) is 7.60. The number of hydrogen-bond donors (Lipinski definition) is 1. The number of nitrogens with one attached hydrogen (secondary N) is 1. The Kier molecular flexibility index (Phi) is 5.25. The molecule has 0 aliphatic rings. The van der Waals surface area contributed by atoms with Crippen LogP contribution in [0.4, 0.5) is 5.69 Å². The van der Waals surface area contributed by atoms with E-state index in [1.165, 1.54) is 0 Å². The molecule has 3 aromatic rings. The standard InChI is InChI=1S/C18H17N3O3S/c1-12-20-16-8-5-14(9-17(16)25-12)21-18(22)11-24-19-10-13-3-6-15(23-2)7-4-13/h3-10H,11H2,1-2H3,(H,21,22)/b19-10-. The van der Waals surface area contributed by atoms with Crippen LogP contribution in [0.2, 0.25) is 0 Å². The van der Waals surface area contributed by atoms with E-state index in [1.54, 1.807) is 24.7 Å². The van der Waals surface area contributed by atoms with Crippen molar-refractivity contribution >= 4 is 39.4 Å². The molecule has 128 valence electrons. The number of benzene rings is 2. The minimum Gasteiger partial charge on any atom is -0.497 e. The second-order valence-corrected chi connectivity index (χ2v) is 6.48. The van der Waals surface area contributed by atoms with Gasteiger partial charge in [-0.2, -0.15) is 0 Å². The Morgan fingerprint density at radius 3 is 2.84 bits per heavy atom. The van der Waals surface area contributed by atoms with Crippen LogP contribution in [0.3, 0.4) is 0 Å². The van der Waals surface area contributed by atoms with Gasteiger partial charge in [0.2, 0.25) is 0 Å². The number of anilines is 1. The summed E-state index contributed by atoms with van der Waals surface area (Å²) < 4.78 is 6.11. The molecule has 0 aliphatic heterocycles. The number of aryl methyl sites for hydroxylation is 1. The van der Waals surface area contributed by atoms with Crippen LogP contribution in [0.1, 0.15) is 10.6 Å². The molecular weight excluding hydrogens is 338 g/mol. The largest absolute Gasteiger partial charge is 0.497 e. The normalized spacial score (nSPS) is 11.0. The number of thiazole rings is 1. The third-order valence-corrected chi connectivity index (χ3v) is 4.30. The molecule has 1 N–H and O–H groups in total. The Hall–Kier alpha value is -2.93. The average Bonchev–Trinajstić information content (AvgIpc) is 2.98. The molecule has 0 spiro atoms. The Bertz CT molecular complexity index is 904. The minimum atomic E-state index is -0.271. The van der Waals surface area contributed by atoms with E-state index in [4.69, 9.17) is 9.57 Å². The van der Waals surface area contributed by atoms with E-state index in [-0.39, 0.29) is 12.5 Å². The number of rotatable bonds is 6. The number of nitrogens with zero attached hydrogens (tertiary/aromatic N) is 2. The van der Waals surface area contributed by atoms with Gasteiger partial charge in [-0.3, -0.25) is 4.79 Å². The number of ether oxygens (including phenoxy) is 1. The molecule has 3 rings (SSSR count). The van der Waals surface area contributed by atoms with Gasteiger partial charge in [0.25, 0.3) is 5.91 Å². The Morgan fingerprint density at radius 1 is 1.28 bits per heavy atom. The zero-order valence-corrected chi connectivity index (χ0v) is 14.7. The van der Waals surface area contributed by atoms with E-state index in [2.05, 4.69) is 15.5 Å². The van der Waals surface area contributed by atoms with Crippen LogP contribution in [0.25, 0.3) is 10.2 Å². The van der Waals surface area contributed by atoms with Crippen molar-refractivity contribution in [1.29, 1.82) is 0 Å². The van der Waals surface area contributed by atoms with Gasteiger partial charge in [-0.05, 0) is 55.0 Å². The summed E-state index contributed by atoms with van der Waals surface area (Å²) >= 11 is 1.59. The molecule has 0 aliphatic carbocycles. The van der Waals surface area contributed by atoms with Gasteiger partial charge in [-0.1, -0.05) is 5.16 Å². The molecule has 0 saturated heterocycles. The van der Waals surface area contributed by atoms with Gasteiger partial charge in [-0.15, -0.1) is 11.3 Å². The van der Waals surface area contributed by atoms with Gasteiger partial charge in [0.05, 0.1) is 28.5 Å². The van der Waals surface area contributed by atoms with E-state index in [0.717, 1.165) is 26.5 Å². The highest BCUT2D eigenvalue weighted by Crippen LogP contribution is 2.24. The van der Waals surface area contributed by atoms with Crippen LogP contribution in [0.15, 0.2) is 47.6 Å². The van der Waals surface area contributed by atoms with Gasteiger partial charge in [0.1, 0.15) is 5.75 Å². The Balaban J connectivity index is 1.50. The molecule has 7 heteroatoms. The van der Waals surface area contributed by atoms with Crippen molar-refractivity contribution in [2.75, 3.05) is 19.0 Å². The average molecular weight is 355 g/mol. The molecule has 1 amide bonds. The summed E-state index contributed by atoms with van der Waals surface area (Å²) in [7, 11) is 1.61. The molecular formula is C18H17N3O3S. The smallest absolute Gasteiger partial charge is 0.265 e. The van der Waals surface area contributed by atoms with Crippen molar-refractivity contribution in [3.63, 3.8) is 0 Å². The quantitative estimate of drug-likeness (QED) is 0.542. The van der Waals surface area contributed by atoms with E-state index >= 15 is 0 Å². The Labute approximate surface area is 149 Å². The number of methoxy groups -OCH3 is 1. The monoisotopic (exact) mass is 355 g/mol. The molecule has 0 saturated carbocycles. The lowest BCUT2D eigenvalue weighted by atomic mass is 10.2. The summed E-state index contributed by atoms with van der Waals surface area (Å²) in [5.74, 6) is 0.498. The first-order chi connectivity index (χ1) is 12.1. The lowest BCUT2D eigenvalue weighted by Crippen LogP contribution is -2.16. The Morgan fingerprint density at radius 2 is 2.08 bits per heavy atom. The van der Waals surface area contributed by atoms with Crippen molar-refractivity contribution in [2.24, 2.45) is 5.16 Å². The van der Waals surface area contributed by atoms with Crippen molar-refractivity contribution < 1.29 is 14.4 Å². The number of carbonyl (C=O) groups excluding carboxylic acids is 1. The number of amides is 1. The SMILES string of the molecule is COc1ccc(/C=N\OCC(=O)Nc2ccc3nc(C)sc3c2)cc1. The molecule has 0 atom stereocenters. The van der Waals surface area contributed by atoms with Gasteiger partial charge in [0, 0.05) is 5.69 Å². The van der Waals surface area contributed by atoms with Crippen LogP contribution in [-0.4, -0.2) is 30.8 Å². The van der Waals surface area contributed by atoms with E-state index in [0.29, 0.717) is 5.69 Å². The van der Waals surface area contributed by atoms with E-state index in [9.17, 15) is 4.79 Å². The van der Waals surface area contributed by atoms with Crippen molar-refractivity contribution in [2.45, 2.75) is 6.92 Å². The lowest BCUT2D eigenvalue weighted by molar-refractivity contribution is -0.120. The van der Waals surface area contributed by atoms with Gasteiger partial charge < -0.3 is 14.9 Å². The summed E-state index contributed by atoms with van der Waals surface area (Å²) in [5.41, 5.74) is 2.50. The van der Waals surface area contributed by atoms with Crippen LogP contribution in [0.5, 0.6) is 5.75 Å². The summed E-state index contributed by atoms with van der Waals surface area (Å²) in [4.78, 5) is 21.3. The highest BCUT2D eigenvalue weighted by molar-refractivity contribution is 7.18. The summed E-state index contributed by atoms with van der Waals surface area (Å²) in [6, 6.07) is 12.9. The second kappa shape index (κ2) is 7.76. The topological polar surface area (TPSA) is 72.8 Å². The lowest BCUT2D eigenvalue weighted by Gasteiger charge is -2.04. The van der Waals surface area contributed by atoms with Crippen LogP contribution < -0.4 is 10.1 Å². The molecule has 0 radical (unpaired) electrons. The maximum Gasteiger partial charge on any atom is 0.265 e. The third kappa shape index (κ3) is 4.54. The molecule has 1 aromatic heterocycles. The van der Waals surface area contributed by atoms with Crippen LogP contribution in [0, 0.1) is 6.92 Å². The van der Waals surface area contributed by atoms with Crippen molar-refractivity contribution in [1.82, 2.24) is 4.98 Å². The van der Waals surface area contributed by atoms with Gasteiger partial charge in [0.15, 0.2) is 6.61 Å². The van der Waals surface area contributed by atoms with Crippen molar-refractivity contribution in [3.8, 4) is 5.75 Å². The zero-order chi connectivity index (χ0) is 17.6. The molecule has 0 fully saturated rings. The summed E-state index contributed by atoms with van der Waals surface area (Å²) in [5, 5.41) is 7.57. The van der Waals surface area contributed by atoms with Gasteiger partial charge in [-0.25, -0.2) is 4.98 Å². The number of aromatic nitrogens is 1. The predicted molar refractivity (Wildman–Crippen MR) is 99.5 cm³/mol. The van der Waals surface area contributed by atoms with Crippen LogP contribution in [-0.2, 0) is 9.63 Å². The highest BCUT2D eigenvalue weighted by Gasteiger charge is 2.05. The molecule has 6 nitrogen and oxygen atoms in total. The number of oxime groups is 1. The number of fused-ring (bicyclic) bond motifs is 1. The maximum absolute atomic E-state index is 11.9. The number of hydrogen-bond acceptors (Lipinski definition) is 6. The fourth-order valence-corrected chi connectivity index (χ4v) is 3.07. The minimum absolute atomic E-state index is 0.160. The first-order valence-corrected chi connectivity index (χ1v) is 8.42. The third-order valence-electron chi connectivity index (χ3n) is 3.37. The molecule has 25 heavy (non-hydrogen) atoms. The van der Waals surface area contributed by atoms with E-state index < -0.39 is 0 Å². The fraction of sp³-hybridized carbons (Fsp3) is 0.167. The van der Waals surface area contributed by atoms with Crippen molar-refractivity contribution in [3.05, 3.63) is 53.0 Å². The molecule has 0 unspecified atom stereocenters. The summed E-state index contributed by atoms with van der Waals surface area (Å²) in [6.45, 7) is 1.80. The highest BCUT2D eigenvalue weighted by atomic mass is 32.1.